The van der Waals surface area contributed by atoms with Crippen LogP contribution >= 0.6 is 23.2 Å². The molecule has 0 fully saturated rings. The van der Waals surface area contributed by atoms with Gasteiger partial charge in [0, 0.05) is 18.1 Å². The van der Waals surface area contributed by atoms with E-state index in [-0.39, 0.29) is 22.9 Å². The first-order valence-electron chi connectivity index (χ1n) is 13.6. The molecule has 7 nitrogen and oxygen atoms in total. The van der Waals surface area contributed by atoms with E-state index in [0.717, 1.165) is 18.6 Å². The van der Waals surface area contributed by atoms with E-state index in [1.165, 1.54) is 29.2 Å². The van der Waals surface area contributed by atoms with Gasteiger partial charge in [0.1, 0.15) is 12.6 Å². The molecule has 0 aliphatic carbocycles. The third kappa shape index (κ3) is 8.87. The van der Waals surface area contributed by atoms with E-state index in [4.69, 9.17) is 23.2 Å². The summed E-state index contributed by atoms with van der Waals surface area (Å²) in [5.41, 5.74) is -1.07. The van der Waals surface area contributed by atoms with Gasteiger partial charge in [-0.2, -0.15) is 13.2 Å². The molecule has 3 aromatic carbocycles. The Kier molecular flexibility index (Phi) is 11.9. The average Bonchev–Trinajstić information content (AvgIpc) is 2.97. The Bertz CT molecular complexity index is 1510. The molecule has 2 amide bonds. The topological polar surface area (TPSA) is 86.8 Å². The number of carbonyl (C=O) groups excluding carboxylic acids is 2. The maximum Gasteiger partial charge on any atom is 0.416 e. The van der Waals surface area contributed by atoms with Gasteiger partial charge < -0.3 is 10.2 Å². The molecule has 0 radical (unpaired) electrons. The third-order valence-electron chi connectivity index (χ3n) is 6.63. The summed E-state index contributed by atoms with van der Waals surface area (Å²) in [5.74, 6) is -1.26. The van der Waals surface area contributed by atoms with E-state index < -0.39 is 51.9 Å². The Labute approximate surface area is 259 Å². The second-order valence-electron chi connectivity index (χ2n) is 9.71. The zero-order valence-corrected chi connectivity index (χ0v) is 25.9. The number of carbonyl (C=O) groups is 2. The van der Waals surface area contributed by atoms with Crippen molar-refractivity contribution >= 4 is 50.7 Å². The minimum absolute atomic E-state index is 0.0920. The monoisotopic (exact) mass is 657 g/mol. The summed E-state index contributed by atoms with van der Waals surface area (Å²) in [7, 11) is -4.60. The molecule has 0 saturated carbocycles. The third-order valence-corrected chi connectivity index (χ3v) is 8.98. The van der Waals surface area contributed by atoms with Gasteiger partial charge in [0.15, 0.2) is 0 Å². The van der Waals surface area contributed by atoms with Gasteiger partial charge in [0.2, 0.25) is 11.8 Å². The van der Waals surface area contributed by atoms with Crippen molar-refractivity contribution in [3.05, 3.63) is 94.0 Å². The van der Waals surface area contributed by atoms with E-state index in [9.17, 15) is 31.2 Å². The second kappa shape index (κ2) is 14.9. The SMILES string of the molecule is CCCCNC(=O)C(CC)N(Cc1ccc(Cl)cc1)C(=O)CN(c1cc(C(F)(F)F)ccc1Cl)S(=O)(=O)c1ccccc1. The van der Waals surface area contributed by atoms with Gasteiger partial charge in [0.05, 0.1) is 21.2 Å². The van der Waals surface area contributed by atoms with Gasteiger partial charge in [-0.25, -0.2) is 8.42 Å². The molecular weight excluding hydrogens is 626 g/mol. The predicted molar refractivity (Wildman–Crippen MR) is 161 cm³/mol. The van der Waals surface area contributed by atoms with Crippen molar-refractivity contribution in [3.8, 4) is 0 Å². The minimum atomic E-state index is -4.81. The fourth-order valence-electron chi connectivity index (χ4n) is 4.33. The number of nitrogens with zero attached hydrogens (tertiary/aromatic N) is 2. The number of unbranched alkanes of at least 4 members (excludes halogenated alkanes) is 1. The lowest BCUT2D eigenvalue weighted by Crippen LogP contribution is -2.52. The molecule has 0 bridgehead atoms. The summed E-state index contributed by atoms with van der Waals surface area (Å²) in [4.78, 5) is 28.2. The van der Waals surface area contributed by atoms with E-state index in [1.54, 1.807) is 37.3 Å². The van der Waals surface area contributed by atoms with Crippen LogP contribution in [0.4, 0.5) is 18.9 Å². The fraction of sp³-hybridized carbons (Fsp3) is 0.333. The van der Waals surface area contributed by atoms with Gasteiger partial charge in [-0.3, -0.25) is 13.9 Å². The predicted octanol–water partition coefficient (Wildman–Crippen LogP) is 6.93. The highest BCUT2D eigenvalue weighted by Gasteiger charge is 2.37. The summed E-state index contributed by atoms with van der Waals surface area (Å²) < 4.78 is 69.3. The van der Waals surface area contributed by atoms with Crippen LogP contribution in [0.25, 0.3) is 0 Å². The van der Waals surface area contributed by atoms with Gasteiger partial charge in [-0.05, 0) is 60.9 Å². The van der Waals surface area contributed by atoms with Crippen LogP contribution in [0.3, 0.4) is 0 Å². The van der Waals surface area contributed by atoms with Crippen LogP contribution in [0.1, 0.15) is 44.2 Å². The molecule has 1 atom stereocenters. The van der Waals surface area contributed by atoms with Crippen LogP contribution in [0, 0.1) is 0 Å². The molecule has 1 unspecified atom stereocenters. The molecule has 1 N–H and O–H groups in total. The summed E-state index contributed by atoms with van der Waals surface area (Å²) in [6.45, 7) is 3.02. The number of rotatable bonds is 13. The van der Waals surface area contributed by atoms with Crippen LogP contribution in [0.15, 0.2) is 77.7 Å². The molecule has 0 heterocycles. The largest absolute Gasteiger partial charge is 0.416 e. The molecule has 0 aliphatic heterocycles. The average molecular weight is 659 g/mol. The quantitative estimate of drug-likeness (QED) is 0.202. The normalized spacial score (nSPS) is 12.4. The number of hydrogen-bond donors (Lipinski definition) is 1. The number of anilines is 1. The van der Waals surface area contributed by atoms with Crippen molar-refractivity contribution in [1.29, 1.82) is 0 Å². The van der Waals surface area contributed by atoms with Crippen molar-refractivity contribution in [2.45, 2.75) is 56.8 Å². The highest BCUT2D eigenvalue weighted by Crippen LogP contribution is 2.37. The molecule has 0 aliphatic rings. The smallest absolute Gasteiger partial charge is 0.354 e. The van der Waals surface area contributed by atoms with Crippen LogP contribution in [-0.2, 0) is 32.3 Å². The molecular formula is C30H32Cl2F3N3O4S. The highest BCUT2D eigenvalue weighted by molar-refractivity contribution is 7.92. The van der Waals surface area contributed by atoms with Crippen molar-refractivity contribution in [2.75, 3.05) is 17.4 Å². The van der Waals surface area contributed by atoms with E-state index >= 15 is 0 Å². The fourth-order valence-corrected chi connectivity index (χ4v) is 6.17. The number of amides is 2. The number of sulfonamides is 1. The van der Waals surface area contributed by atoms with Gasteiger partial charge in [0.25, 0.3) is 10.0 Å². The lowest BCUT2D eigenvalue weighted by atomic mass is 10.1. The van der Waals surface area contributed by atoms with E-state index in [0.29, 0.717) is 33.9 Å². The number of nitrogens with one attached hydrogen (secondary N) is 1. The highest BCUT2D eigenvalue weighted by atomic mass is 35.5. The molecule has 13 heteroatoms. The molecule has 3 aromatic rings. The lowest BCUT2D eigenvalue weighted by molar-refractivity contribution is -0.140. The Hall–Kier alpha value is -3.28. The molecule has 0 aromatic heterocycles. The Balaban J connectivity index is 2.12. The maximum atomic E-state index is 14.1. The first kappa shape index (κ1) is 34.2. The van der Waals surface area contributed by atoms with Crippen LogP contribution in [-0.4, -0.2) is 44.3 Å². The van der Waals surface area contributed by atoms with Crippen LogP contribution in [0.2, 0.25) is 10.0 Å². The van der Waals surface area contributed by atoms with E-state index in [1.807, 2.05) is 6.92 Å². The molecule has 43 heavy (non-hydrogen) atoms. The lowest BCUT2D eigenvalue weighted by Gasteiger charge is -2.33. The first-order valence-corrected chi connectivity index (χ1v) is 15.7. The van der Waals surface area contributed by atoms with Gasteiger partial charge >= 0.3 is 6.18 Å². The van der Waals surface area contributed by atoms with E-state index in [2.05, 4.69) is 5.32 Å². The summed E-state index contributed by atoms with van der Waals surface area (Å²) in [6.07, 6.45) is -3.08. The number of halogens is 5. The van der Waals surface area contributed by atoms with Crippen molar-refractivity contribution in [3.63, 3.8) is 0 Å². The molecule has 0 saturated heterocycles. The second-order valence-corrected chi connectivity index (χ2v) is 12.4. The van der Waals surface area contributed by atoms with Crippen LogP contribution in [0.5, 0.6) is 0 Å². The van der Waals surface area contributed by atoms with Crippen molar-refractivity contribution in [2.24, 2.45) is 0 Å². The molecule has 0 spiro atoms. The Morgan fingerprint density at radius 3 is 2.19 bits per heavy atom. The number of benzene rings is 3. The van der Waals surface area contributed by atoms with Crippen LogP contribution < -0.4 is 9.62 Å². The van der Waals surface area contributed by atoms with Crippen molar-refractivity contribution < 1.29 is 31.2 Å². The number of alkyl halides is 3. The zero-order chi connectivity index (χ0) is 31.8. The maximum absolute atomic E-state index is 14.1. The Morgan fingerprint density at radius 2 is 1.60 bits per heavy atom. The standard InChI is InChI=1S/C30H32Cl2F3N3O4S/c1-3-5-17-36-29(40)26(4-2)37(19-21-11-14-23(31)15-12-21)28(39)20-38(43(41,42)24-9-7-6-8-10-24)27-18-22(30(33,34)35)13-16-25(27)32/h6-16,18,26H,3-5,17,19-20H2,1-2H3,(H,36,40). The summed E-state index contributed by atoms with van der Waals surface area (Å²) >= 11 is 12.3. The zero-order valence-electron chi connectivity index (χ0n) is 23.6. The van der Waals surface area contributed by atoms with Gasteiger partial charge in [-0.1, -0.05) is 73.8 Å². The Morgan fingerprint density at radius 1 is 0.953 bits per heavy atom. The molecule has 232 valence electrons. The van der Waals surface area contributed by atoms with Crippen molar-refractivity contribution in [1.82, 2.24) is 10.2 Å². The number of hydrogen-bond acceptors (Lipinski definition) is 4. The summed E-state index contributed by atoms with van der Waals surface area (Å²) in [5, 5.41) is 2.95. The summed E-state index contributed by atoms with van der Waals surface area (Å²) in [6, 6.07) is 14.8. The minimum Gasteiger partial charge on any atom is -0.354 e. The van der Waals surface area contributed by atoms with Gasteiger partial charge in [-0.15, -0.1) is 0 Å². The first-order chi connectivity index (χ1) is 20.3. The molecule has 3 rings (SSSR count).